The van der Waals surface area contributed by atoms with E-state index in [0.29, 0.717) is 12.5 Å². The van der Waals surface area contributed by atoms with Gasteiger partial charge in [-0.15, -0.1) is 0 Å². The number of ether oxygens (including phenoxy) is 1. The van der Waals surface area contributed by atoms with Crippen LogP contribution in [0.15, 0.2) is 22.8 Å². The average Bonchev–Trinajstić information content (AvgIpc) is 2.83. The average molecular weight is 356 g/mol. The third-order valence-electron chi connectivity index (χ3n) is 3.24. The van der Waals surface area contributed by atoms with Crippen molar-refractivity contribution >= 4 is 27.8 Å². The highest BCUT2D eigenvalue weighted by molar-refractivity contribution is 9.10. The maximum atomic E-state index is 11.6. The molecule has 1 aliphatic rings. The molecule has 1 saturated heterocycles. The van der Waals surface area contributed by atoms with Crippen molar-refractivity contribution in [3.63, 3.8) is 0 Å². The minimum absolute atomic E-state index is 0.346. The lowest BCUT2D eigenvalue weighted by molar-refractivity contribution is 0.0520. The van der Waals surface area contributed by atoms with Crippen LogP contribution < -0.4 is 10.2 Å². The zero-order valence-electron chi connectivity index (χ0n) is 12.7. The molecular weight excluding hydrogens is 334 g/mol. The Morgan fingerprint density at radius 2 is 2.29 bits per heavy atom. The minimum Gasteiger partial charge on any atom is -0.444 e. The maximum Gasteiger partial charge on any atom is 0.407 e. The van der Waals surface area contributed by atoms with Crippen molar-refractivity contribution in [2.24, 2.45) is 5.92 Å². The SMILES string of the molecule is CC(C)(C)OC(=O)NC[C@@H]1CCN(c2cccc(Br)n2)C1. The van der Waals surface area contributed by atoms with E-state index >= 15 is 0 Å². The largest absolute Gasteiger partial charge is 0.444 e. The summed E-state index contributed by atoms with van der Waals surface area (Å²) in [7, 11) is 0. The van der Waals surface area contributed by atoms with Crippen LogP contribution in [0.1, 0.15) is 27.2 Å². The van der Waals surface area contributed by atoms with E-state index in [1.807, 2.05) is 39.0 Å². The second-order valence-electron chi connectivity index (χ2n) is 6.30. The molecule has 0 spiro atoms. The highest BCUT2D eigenvalue weighted by Crippen LogP contribution is 2.23. The summed E-state index contributed by atoms with van der Waals surface area (Å²) in [4.78, 5) is 18.4. The van der Waals surface area contributed by atoms with Gasteiger partial charge in [-0.05, 0) is 61.2 Å². The number of rotatable bonds is 3. The topological polar surface area (TPSA) is 54.5 Å². The van der Waals surface area contributed by atoms with Crippen molar-refractivity contribution < 1.29 is 9.53 Å². The molecule has 1 fully saturated rings. The molecule has 1 aromatic heterocycles. The number of halogens is 1. The number of hydrogen-bond acceptors (Lipinski definition) is 4. The number of pyridine rings is 1. The van der Waals surface area contributed by atoms with Gasteiger partial charge in [-0.25, -0.2) is 9.78 Å². The first kappa shape index (κ1) is 16.1. The highest BCUT2D eigenvalue weighted by atomic mass is 79.9. The van der Waals surface area contributed by atoms with Gasteiger partial charge in [0, 0.05) is 19.6 Å². The first-order chi connectivity index (χ1) is 9.83. The Labute approximate surface area is 134 Å². The molecule has 6 heteroatoms. The van der Waals surface area contributed by atoms with Crippen molar-refractivity contribution in [1.29, 1.82) is 0 Å². The first-order valence-corrected chi connectivity index (χ1v) is 7.97. The molecule has 0 radical (unpaired) electrons. The summed E-state index contributed by atoms with van der Waals surface area (Å²) in [5.41, 5.74) is -0.452. The van der Waals surface area contributed by atoms with Gasteiger partial charge in [-0.3, -0.25) is 0 Å². The van der Waals surface area contributed by atoms with Gasteiger partial charge in [0.15, 0.2) is 0 Å². The van der Waals surface area contributed by atoms with Crippen LogP contribution >= 0.6 is 15.9 Å². The van der Waals surface area contributed by atoms with Gasteiger partial charge in [-0.1, -0.05) is 6.07 Å². The summed E-state index contributed by atoms with van der Waals surface area (Å²) in [6.07, 6.45) is 0.700. The van der Waals surface area contributed by atoms with Crippen molar-refractivity contribution in [1.82, 2.24) is 10.3 Å². The molecule has 116 valence electrons. The summed E-state index contributed by atoms with van der Waals surface area (Å²) in [5.74, 6) is 1.41. The second kappa shape index (κ2) is 6.64. The zero-order chi connectivity index (χ0) is 15.5. The minimum atomic E-state index is -0.452. The maximum absolute atomic E-state index is 11.6. The molecule has 0 unspecified atom stereocenters. The molecule has 0 saturated carbocycles. The lowest BCUT2D eigenvalue weighted by Crippen LogP contribution is -2.36. The Morgan fingerprint density at radius 3 is 2.95 bits per heavy atom. The van der Waals surface area contributed by atoms with Crippen LogP contribution in [0.5, 0.6) is 0 Å². The van der Waals surface area contributed by atoms with Crippen molar-refractivity contribution in [2.45, 2.75) is 32.8 Å². The number of alkyl carbamates (subject to hydrolysis) is 1. The third kappa shape index (κ3) is 5.19. The number of anilines is 1. The normalized spacial score (nSPS) is 18.7. The van der Waals surface area contributed by atoms with Crippen LogP contribution in [0.4, 0.5) is 10.6 Å². The zero-order valence-corrected chi connectivity index (χ0v) is 14.3. The molecule has 5 nitrogen and oxygen atoms in total. The molecule has 1 amide bonds. The van der Waals surface area contributed by atoms with Gasteiger partial charge in [0.25, 0.3) is 0 Å². The Morgan fingerprint density at radius 1 is 1.52 bits per heavy atom. The van der Waals surface area contributed by atoms with Gasteiger partial charge in [0.2, 0.25) is 0 Å². The number of nitrogens with one attached hydrogen (secondary N) is 1. The molecule has 0 aliphatic carbocycles. The van der Waals surface area contributed by atoms with E-state index in [1.54, 1.807) is 0 Å². The first-order valence-electron chi connectivity index (χ1n) is 7.18. The molecule has 0 bridgehead atoms. The van der Waals surface area contributed by atoms with Gasteiger partial charge in [0.05, 0.1) is 0 Å². The molecule has 1 atom stereocenters. The van der Waals surface area contributed by atoms with Crippen LogP contribution in [0, 0.1) is 5.92 Å². The summed E-state index contributed by atoms with van der Waals surface area (Å²) in [6.45, 7) is 8.09. The number of nitrogens with zero attached hydrogens (tertiary/aromatic N) is 2. The number of carbonyl (C=O) groups is 1. The number of hydrogen-bond donors (Lipinski definition) is 1. The smallest absolute Gasteiger partial charge is 0.407 e. The van der Waals surface area contributed by atoms with Crippen LogP contribution in [0.2, 0.25) is 0 Å². The molecule has 1 aliphatic heterocycles. The van der Waals surface area contributed by atoms with Crippen LogP contribution in [-0.2, 0) is 4.74 Å². The van der Waals surface area contributed by atoms with E-state index in [1.165, 1.54) is 0 Å². The fraction of sp³-hybridized carbons (Fsp3) is 0.600. The molecule has 2 heterocycles. The molecule has 1 N–H and O–H groups in total. The summed E-state index contributed by atoms with van der Waals surface area (Å²) in [5, 5.41) is 2.85. The molecule has 1 aromatic rings. The quantitative estimate of drug-likeness (QED) is 0.846. The summed E-state index contributed by atoms with van der Waals surface area (Å²) >= 11 is 3.39. The predicted molar refractivity (Wildman–Crippen MR) is 86.5 cm³/mol. The van der Waals surface area contributed by atoms with E-state index in [0.717, 1.165) is 29.9 Å². The van der Waals surface area contributed by atoms with Crippen LogP contribution in [0.25, 0.3) is 0 Å². The van der Waals surface area contributed by atoms with Crippen molar-refractivity contribution in [2.75, 3.05) is 24.5 Å². The molecule has 21 heavy (non-hydrogen) atoms. The van der Waals surface area contributed by atoms with Crippen LogP contribution in [0.3, 0.4) is 0 Å². The lowest BCUT2D eigenvalue weighted by atomic mass is 10.1. The summed E-state index contributed by atoms with van der Waals surface area (Å²) in [6, 6.07) is 5.91. The fourth-order valence-electron chi connectivity index (χ4n) is 2.32. The Hall–Kier alpha value is -1.30. The van der Waals surface area contributed by atoms with E-state index in [-0.39, 0.29) is 6.09 Å². The van der Waals surface area contributed by atoms with E-state index in [9.17, 15) is 4.79 Å². The Bertz CT molecular complexity index is 502. The van der Waals surface area contributed by atoms with Crippen LogP contribution in [-0.4, -0.2) is 36.3 Å². The number of carbonyl (C=O) groups excluding carboxylic acids is 1. The van der Waals surface area contributed by atoms with E-state index in [4.69, 9.17) is 4.74 Å². The molecule has 2 rings (SSSR count). The van der Waals surface area contributed by atoms with Gasteiger partial charge >= 0.3 is 6.09 Å². The molecule has 0 aromatic carbocycles. The van der Waals surface area contributed by atoms with Gasteiger partial charge in [-0.2, -0.15) is 0 Å². The summed E-state index contributed by atoms with van der Waals surface area (Å²) < 4.78 is 6.09. The third-order valence-corrected chi connectivity index (χ3v) is 3.69. The van der Waals surface area contributed by atoms with Crippen molar-refractivity contribution in [3.8, 4) is 0 Å². The fourth-order valence-corrected chi connectivity index (χ4v) is 2.66. The lowest BCUT2D eigenvalue weighted by Gasteiger charge is -2.21. The second-order valence-corrected chi connectivity index (χ2v) is 7.11. The van der Waals surface area contributed by atoms with E-state index in [2.05, 4.69) is 31.1 Å². The van der Waals surface area contributed by atoms with E-state index < -0.39 is 5.60 Å². The molecular formula is C15H22BrN3O2. The predicted octanol–water partition coefficient (Wildman–Crippen LogP) is 3.20. The number of amides is 1. The highest BCUT2D eigenvalue weighted by Gasteiger charge is 2.24. The van der Waals surface area contributed by atoms with Gasteiger partial charge in [0.1, 0.15) is 16.0 Å². The van der Waals surface area contributed by atoms with Gasteiger partial charge < -0.3 is 15.0 Å². The number of aromatic nitrogens is 1. The van der Waals surface area contributed by atoms with Crippen molar-refractivity contribution in [3.05, 3.63) is 22.8 Å². The Kier molecular flexibility index (Phi) is 5.08. The monoisotopic (exact) mass is 355 g/mol. The Balaban J connectivity index is 1.79. The standard InChI is InChI=1S/C15H22BrN3O2/c1-15(2,3)21-14(20)17-9-11-7-8-19(10-11)13-6-4-5-12(16)18-13/h4-6,11H,7-10H2,1-3H3,(H,17,20)/t11-/m0/s1.